The minimum Gasteiger partial charge on any atom is -0.497 e. The summed E-state index contributed by atoms with van der Waals surface area (Å²) in [4.78, 5) is 24.6. The molecule has 4 rings (SSSR count). The highest BCUT2D eigenvalue weighted by atomic mass is 16.5. The van der Waals surface area contributed by atoms with Gasteiger partial charge in [-0.15, -0.1) is 0 Å². The van der Waals surface area contributed by atoms with Crippen LogP contribution >= 0.6 is 0 Å². The van der Waals surface area contributed by atoms with Gasteiger partial charge >= 0.3 is 5.97 Å². The van der Waals surface area contributed by atoms with Crippen LogP contribution in [0.5, 0.6) is 23.0 Å². The molecule has 0 N–H and O–H groups in total. The standard InChI is InChI=1S/C27H24O7/c1-16-11-21(33-15-17-5-7-18(8-6-17)27(29)32-4)14-23-25(16)26(28)24(34-23)13-19-12-20(30-2)9-10-22(19)31-3/h5-14H,15H2,1-4H3/b24-13-. The molecule has 1 aliphatic rings. The average molecular weight is 460 g/mol. The Balaban J connectivity index is 1.54. The molecule has 7 nitrogen and oxygen atoms in total. The zero-order chi connectivity index (χ0) is 24.2. The molecule has 1 heterocycles. The van der Waals surface area contributed by atoms with Gasteiger partial charge in [0.1, 0.15) is 29.6 Å². The van der Waals surface area contributed by atoms with Crippen LogP contribution in [0.1, 0.15) is 37.4 Å². The van der Waals surface area contributed by atoms with Crippen molar-refractivity contribution in [1.82, 2.24) is 0 Å². The lowest BCUT2D eigenvalue weighted by molar-refractivity contribution is 0.0600. The number of ketones is 1. The van der Waals surface area contributed by atoms with Crippen LogP contribution in [0, 0.1) is 6.92 Å². The van der Waals surface area contributed by atoms with Crippen molar-refractivity contribution in [2.45, 2.75) is 13.5 Å². The summed E-state index contributed by atoms with van der Waals surface area (Å²) < 4.78 is 27.2. The number of carbonyl (C=O) groups is 2. The summed E-state index contributed by atoms with van der Waals surface area (Å²) in [5.74, 6) is 1.85. The van der Waals surface area contributed by atoms with E-state index in [2.05, 4.69) is 0 Å². The van der Waals surface area contributed by atoms with E-state index in [0.29, 0.717) is 39.7 Å². The Morgan fingerprint density at radius 3 is 2.38 bits per heavy atom. The van der Waals surface area contributed by atoms with E-state index >= 15 is 0 Å². The molecule has 0 radical (unpaired) electrons. The molecule has 7 heteroatoms. The van der Waals surface area contributed by atoms with Crippen LogP contribution in [-0.4, -0.2) is 33.1 Å². The zero-order valence-corrected chi connectivity index (χ0v) is 19.3. The minimum atomic E-state index is -0.390. The Morgan fingerprint density at radius 1 is 0.941 bits per heavy atom. The second-order valence-corrected chi connectivity index (χ2v) is 7.64. The van der Waals surface area contributed by atoms with Gasteiger partial charge < -0.3 is 23.7 Å². The molecule has 3 aromatic rings. The first-order valence-corrected chi connectivity index (χ1v) is 10.5. The molecule has 1 aliphatic heterocycles. The lowest BCUT2D eigenvalue weighted by Crippen LogP contribution is -2.02. The summed E-state index contributed by atoms with van der Waals surface area (Å²) in [7, 11) is 4.48. The van der Waals surface area contributed by atoms with E-state index in [1.165, 1.54) is 7.11 Å². The Bertz CT molecular complexity index is 1270. The van der Waals surface area contributed by atoms with Crippen molar-refractivity contribution in [3.63, 3.8) is 0 Å². The van der Waals surface area contributed by atoms with Crippen molar-refractivity contribution in [3.8, 4) is 23.0 Å². The van der Waals surface area contributed by atoms with Gasteiger partial charge in [0.25, 0.3) is 0 Å². The van der Waals surface area contributed by atoms with Crippen molar-refractivity contribution in [1.29, 1.82) is 0 Å². The summed E-state index contributed by atoms with van der Waals surface area (Å²) in [6.45, 7) is 2.13. The van der Waals surface area contributed by atoms with Crippen LogP contribution in [0.2, 0.25) is 0 Å². The lowest BCUT2D eigenvalue weighted by Gasteiger charge is -2.10. The molecule has 174 valence electrons. The molecule has 0 atom stereocenters. The number of carbonyl (C=O) groups excluding carboxylic acids is 2. The molecule has 0 unspecified atom stereocenters. The number of rotatable bonds is 7. The van der Waals surface area contributed by atoms with E-state index in [0.717, 1.165) is 11.1 Å². The fourth-order valence-corrected chi connectivity index (χ4v) is 3.68. The monoisotopic (exact) mass is 460 g/mol. The summed E-state index contributed by atoms with van der Waals surface area (Å²) >= 11 is 0. The third-order valence-corrected chi connectivity index (χ3v) is 5.45. The number of ether oxygens (including phenoxy) is 5. The fourth-order valence-electron chi connectivity index (χ4n) is 3.68. The van der Waals surface area contributed by atoms with Gasteiger partial charge in [0.15, 0.2) is 5.76 Å². The Hall–Kier alpha value is -4.26. The van der Waals surface area contributed by atoms with Crippen LogP contribution in [-0.2, 0) is 11.3 Å². The number of Topliss-reactive ketones (excluding diaryl/α,β-unsaturated/α-hetero) is 1. The first-order valence-electron chi connectivity index (χ1n) is 10.5. The summed E-state index contributed by atoms with van der Waals surface area (Å²) in [5.41, 5.74) is 3.27. The number of methoxy groups -OCH3 is 3. The van der Waals surface area contributed by atoms with Gasteiger partial charge in [-0.05, 0) is 60.5 Å². The highest BCUT2D eigenvalue weighted by Gasteiger charge is 2.30. The van der Waals surface area contributed by atoms with Crippen molar-refractivity contribution in [2.75, 3.05) is 21.3 Å². The van der Waals surface area contributed by atoms with E-state index in [1.807, 2.05) is 6.92 Å². The lowest BCUT2D eigenvalue weighted by atomic mass is 10.0. The predicted octanol–water partition coefficient (Wildman–Crippen LogP) is 4.99. The maximum absolute atomic E-state index is 13.0. The topological polar surface area (TPSA) is 80.3 Å². The van der Waals surface area contributed by atoms with Gasteiger partial charge in [-0.25, -0.2) is 4.79 Å². The van der Waals surface area contributed by atoms with Crippen molar-refractivity contribution < 1.29 is 33.3 Å². The molecule has 0 bridgehead atoms. The second-order valence-electron chi connectivity index (χ2n) is 7.64. The molecule has 0 amide bonds. The SMILES string of the molecule is COC(=O)c1ccc(COc2cc(C)c3c(c2)O/C(=C\c2cc(OC)ccc2OC)C3=O)cc1. The molecule has 0 saturated heterocycles. The number of hydrogen-bond acceptors (Lipinski definition) is 7. The van der Waals surface area contributed by atoms with Crippen molar-refractivity contribution in [2.24, 2.45) is 0 Å². The molecule has 0 aromatic heterocycles. The number of allylic oxidation sites excluding steroid dienone is 1. The van der Waals surface area contributed by atoms with E-state index < -0.39 is 0 Å². The van der Waals surface area contributed by atoms with E-state index in [-0.39, 0.29) is 24.1 Å². The third kappa shape index (κ3) is 4.59. The van der Waals surface area contributed by atoms with Gasteiger partial charge in [0.2, 0.25) is 5.78 Å². The molecule has 0 fully saturated rings. The summed E-state index contributed by atoms with van der Waals surface area (Å²) in [5, 5.41) is 0. The van der Waals surface area contributed by atoms with Crippen LogP contribution < -0.4 is 18.9 Å². The highest BCUT2D eigenvalue weighted by molar-refractivity contribution is 6.15. The predicted molar refractivity (Wildman–Crippen MR) is 126 cm³/mol. The van der Waals surface area contributed by atoms with Gasteiger partial charge in [0.05, 0.1) is 32.5 Å². The van der Waals surface area contributed by atoms with Crippen molar-refractivity contribution >= 4 is 17.8 Å². The van der Waals surface area contributed by atoms with Gasteiger partial charge in [0, 0.05) is 11.6 Å². The number of benzene rings is 3. The molecular formula is C27H24O7. The number of fused-ring (bicyclic) bond motifs is 1. The number of hydrogen-bond donors (Lipinski definition) is 0. The molecule has 0 spiro atoms. The van der Waals surface area contributed by atoms with Crippen LogP contribution in [0.4, 0.5) is 0 Å². The Morgan fingerprint density at radius 2 is 1.71 bits per heavy atom. The fraction of sp³-hybridized carbons (Fsp3) is 0.185. The van der Waals surface area contributed by atoms with Gasteiger partial charge in [-0.1, -0.05) is 12.1 Å². The largest absolute Gasteiger partial charge is 0.497 e. The summed E-state index contributed by atoms with van der Waals surface area (Å²) in [6.07, 6.45) is 1.65. The first-order chi connectivity index (χ1) is 16.4. The maximum atomic E-state index is 13.0. The van der Waals surface area contributed by atoms with E-state index in [1.54, 1.807) is 74.9 Å². The quantitative estimate of drug-likeness (QED) is 0.363. The average Bonchev–Trinajstić information content (AvgIpc) is 3.17. The van der Waals surface area contributed by atoms with E-state index in [9.17, 15) is 9.59 Å². The summed E-state index contributed by atoms with van der Waals surface area (Å²) in [6, 6.07) is 15.8. The van der Waals surface area contributed by atoms with Gasteiger partial charge in [-0.3, -0.25) is 4.79 Å². The maximum Gasteiger partial charge on any atom is 0.337 e. The van der Waals surface area contributed by atoms with Crippen LogP contribution in [0.3, 0.4) is 0 Å². The number of aryl methyl sites for hydroxylation is 1. The van der Waals surface area contributed by atoms with Crippen molar-refractivity contribution in [3.05, 3.63) is 88.2 Å². The van der Waals surface area contributed by atoms with Crippen LogP contribution in [0.25, 0.3) is 6.08 Å². The van der Waals surface area contributed by atoms with Gasteiger partial charge in [-0.2, -0.15) is 0 Å². The zero-order valence-electron chi connectivity index (χ0n) is 19.3. The number of esters is 1. The normalized spacial score (nSPS) is 13.3. The minimum absolute atomic E-state index is 0.195. The first kappa shape index (κ1) is 22.9. The van der Waals surface area contributed by atoms with E-state index in [4.69, 9.17) is 23.7 Å². The second kappa shape index (κ2) is 9.70. The molecule has 0 saturated carbocycles. The third-order valence-electron chi connectivity index (χ3n) is 5.45. The van der Waals surface area contributed by atoms with Crippen LogP contribution in [0.15, 0.2) is 60.4 Å². The Kier molecular flexibility index (Phi) is 6.54. The molecule has 34 heavy (non-hydrogen) atoms. The Labute approximate surface area is 197 Å². The molecule has 3 aromatic carbocycles. The smallest absolute Gasteiger partial charge is 0.337 e. The molecule has 0 aliphatic carbocycles. The molecular weight excluding hydrogens is 436 g/mol. The highest BCUT2D eigenvalue weighted by Crippen LogP contribution is 2.38.